The zero-order valence-electron chi connectivity index (χ0n) is 30.5. The van der Waals surface area contributed by atoms with Crippen molar-refractivity contribution in [3.8, 4) is 0 Å². The highest BCUT2D eigenvalue weighted by molar-refractivity contribution is 7.92. The van der Waals surface area contributed by atoms with E-state index in [9.17, 15) is 36.8 Å². The maximum absolute atomic E-state index is 14.4. The Labute approximate surface area is 291 Å². The minimum atomic E-state index is -3.58. The van der Waals surface area contributed by atoms with E-state index in [1.54, 1.807) is 41.5 Å². The quantitative estimate of drug-likeness (QED) is 0.213. The van der Waals surface area contributed by atoms with Crippen LogP contribution < -0.4 is 21.3 Å². The minimum absolute atomic E-state index is 0.00733. The number of alkyl halides is 1. The van der Waals surface area contributed by atoms with E-state index in [0.717, 1.165) is 32.1 Å². The summed E-state index contributed by atoms with van der Waals surface area (Å²) in [5.74, 6) is -3.13. The first-order chi connectivity index (χ1) is 22.5. The Hall–Kier alpha value is -2.77. The number of hydrogen-bond acceptors (Lipinski definition) is 7. The second-order valence-electron chi connectivity index (χ2n) is 17.5. The zero-order valence-corrected chi connectivity index (χ0v) is 31.4. The van der Waals surface area contributed by atoms with E-state index < -0.39 is 79.9 Å². The van der Waals surface area contributed by atoms with Crippen molar-refractivity contribution < 1.29 is 36.8 Å². The average Bonchev–Trinajstić information content (AvgIpc) is 3.83. The number of fused-ring (bicyclic) bond motifs is 1. The van der Waals surface area contributed by atoms with Gasteiger partial charge in [0.25, 0.3) is 5.91 Å². The fourth-order valence-electron chi connectivity index (χ4n) is 7.60. The summed E-state index contributed by atoms with van der Waals surface area (Å²) in [5.41, 5.74) is -2.03. The molecule has 1 aliphatic heterocycles. The molecular formula is C35H58FN5O7S. The Morgan fingerprint density at radius 2 is 1.55 bits per heavy atom. The fourth-order valence-corrected chi connectivity index (χ4v) is 9.12. The van der Waals surface area contributed by atoms with E-state index in [-0.39, 0.29) is 48.4 Å². The van der Waals surface area contributed by atoms with Gasteiger partial charge in [-0.15, -0.1) is 0 Å². The number of nitrogens with zero attached hydrogens (tertiary/aromatic N) is 1. The van der Waals surface area contributed by atoms with Crippen LogP contribution >= 0.6 is 0 Å². The number of likely N-dealkylation sites (tertiary alicyclic amines) is 1. The number of hydrogen-bond donors (Lipinski definition) is 4. The summed E-state index contributed by atoms with van der Waals surface area (Å²) in [6.45, 7) is 13.9. The fraction of sp³-hybridized carbons (Fsp3) is 0.857. The summed E-state index contributed by atoms with van der Waals surface area (Å²) >= 11 is 0. The van der Waals surface area contributed by atoms with Gasteiger partial charge in [0.15, 0.2) is 9.84 Å². The van der Waals surface area contributed by atoms with Crippen molar-refractivity contribution in [2.45, 2.75) is 148 Å². The number of urea groups is 1. The van der Waals surface area contributed by atoms with Crippen LogP contribution in [-0.2, 0) is 29.0 Å². The van der Waals surface area contributed by atoms with Gasteiger partial charge in [-0.05, 0) is 82.0 Å². The molecule has 49 heavy (non-hydrogen) atoms. The molecule has 4 N–H and O–H groups in total. The lowest BCUT2D eigenvalue weighted by molar-refractivity contribution is -0.145. The first-order valence-electron chi connectivity index (χ1n) is 17.9. The molecule has 4 aliphatic rings. The van der Waals surface area contributed by atoms with Gasteiger partial charge in [0.05, 0.1) is 28.8 Å². The summed E-state index contributed by atoms with van der Waals surface area (Å²) in [6.07, 6.45) is 4.93. The maximum atomic E-state index is 14.4. The normalized spacial score (nSPS) is 25.7. The molecule has 0 aromatic rings. The Kier molecular flexibility index (Phi) is 11.2. The molecule has 4 fully saturated rings. The van der Waals surface area contributed by atoms with E-state index in [4.69, 9.17) is 0 Å². The summed E-state index contributed by atoms with van der Waals surface area (Å²) < 4.78 is 38.8. The number of Topliss-reactive ketones (excluding diaryl/α,β-unsaturated/α-hetero) is 1. The van der Waals surface area contributed by atoms with Gasteiger partial charge in [-0.25, -0.2) is 13.2 Å². The molecule has 0 aromatic heterocycles. The second kappa shape index (κ2) is 14.1. The third kappa shape index (κ3) is 8.76. The molecular weight excluding hydrogens is 653 g/mol. The van der Waals surface area contributed by atoms with Crippen LogP contribution in [-0.4, -0.2) is 96.3 Å². The number of halogens is 1. The van der Waals surface area contributed by atoms with Crippen molar-refractivity contribution in [3.63, 3.8) is 0 Å². The number of ketones is 1. The Morgan fingerprint density at radius 3 is 2.08 bits per heavy atom. The molecule has 3 aliphatic carbocycles. The van der Waals surface area contributed by atoms with Crippen LogP contribution in [0.1, 0.15) is 113 Å². The third-order valence-corrected chi connectivity index (χ3v) is 13.9. The van der Waals surface area contributed by atoms with Gasteiger partial charge in [-0.3, -0.25) is 23.6 Å². The molecule has 1 saturated heterocycles. The van der Waals surface area contributed by atoms with E-state index >= 15 is 0 Å². The number of rotatable bonds is 13. The molecule has 14 heteroatoms. The molecule has 5 amide bonds. The van der Waals surface area contributed by atoms with E-state index in [2.05, 4.69) is 21.3 Å². The summed E-state index contributed by atoms with van der Waals surface area (Å²) in [7, 11) is -3.58. The van der Waals surface area contributed by atoms with Gasteiger partial charge < -0.3 is 26.2 Å². The van der Waals surface area contributed by atoms with Crippen molar-refractivity contribution in [2.24, 2.45) is 22.7 Å². The smallest absolute Gasteiger partial charge is 0.315 e. The molecule has 0 radical (unpaired) electrons. The van der Waals surface area contributed by atoms with Crippen LogP contribution in [0.3, 0.4) is 0 Å². The number of amides is 5. The molecule has 4 rings (SSSR count). The van der Waals surface area contributed by atoms with Crippen molar-refractivity contribution in [1.82, 2.24) is 26.2 Å². The van der Waals surface area contributed by atoms with Gasteiger partial charge in [0, 0.05) is 12.6 Å². The van der Waals surface area contributed by atoms with Gasteiger partial charge in [0.1, 0.15) is 12.1 Å². The SMILES string of the molecule is CC(C)(C)[C@H](NC(=O)NC1(CS(=O)(=O)C(C)(C)C)CCCCC1)C(=O)N1C[C@H]2[C@@H]([C@H]1C(=O)NC(CCCF)C(=O)C(=O)NC1CC1)C2(C)C. The van der Waals surface area contributed by atoms with Crippen molar-refractivity contribution in [1.29, 1.82) is 0 Å². The van der Waals surface area contributed by atoms with Crippen molar-refractivity contribution >= 4 is 39.4 Å². The summed E-state index contributed by atoms with van der Waals surface area (Å²) in [6, 6.07) is -3.99. The predicted molar refractivity (Wildman–Crippen MR) is 184 cm³/mol. The molecule has 0 spiro atoms. The highest BCUT2D eigenvalue weighted by atomic mass is 32.2. The van der Waals surface area contributed by atoms with Crippen LogP contribution in [0.15, 0.2) is 0 Å². The van der Waals surface area contributed by atoms with Crippen LogP contribution in [0.4, 0.5) is 9.18 Å². The predicted octanol–water partition coefficient (Wildman–Crippen LogP) is 3.18. The maximum Gasteiger partial charge on any atom is 0.315 e. The lowest BCUT2D eigenvalue weighted by Gasteiger charge is -2.41. The van der Waals surface area contributed by atoms with Crippen LogP contribution in [0.5, 0.6) is 0 Å². The highest BCUT2D eigenvalue weighted by Crippen LogP contribution is 2.65. The highest BCUT2D eigenvalue weighted by Gasteiger charge is 2.70. The van der Waals surface area contributed by atoms with Crippen LogP contribution in [0.25, 0.3) is 0 Å². The number of carbonyl (C=O) groups excluding carboxylic acids is 5. The average molecular weight is 712 g/mol. The molecule has 1 heterocycles. The largest absolute Gasteiger partial charge is 0.347 e. The molecule has 5 atom stereocenters. The summed E-state index contributed by atoms with van der Waals surface area (Å²) in [4.78, 5) is 69.2. The number of sulfone groups is 1. The van der Waals surface area contributed by atoms with Crippen molar-refractivity contribution in [2.75, 3.05) is 19.0 Å². The Bertz CT molecular complexity index is 1410. The molecule has 0 aromatic carbocycles. The standard InChI is InChI=1S/C35H58FN5O7S/c1-32(2,3)27(39-31(46)40-35(16-10-9-11-17-35)20-49(47,48)33(4,5)6)30(45)41-19-22-24(34(22,7)8)25(41)28(43)38-23(13-12-18-36)26(42)29(44)37-21-14-15-21/h21-25,27H,9-20H2,1-8H3,(H,37,44)(H,38,43)(H2,39,40,46)/t22-,23?,24-,25-,27+/m0/s1. The Balaban J connectivity index is 1.54. The van der Waals surface area contributed by atoms with Crippen molar-refractivity contribution in [3.05, 3.63) is 0 Å². The lowest BCUT2D eigenvalue weighted by atomic mass is 9.83. The molecule has 278 valence electrons. The molecule has 3 saturated carbocycles. The number of nitrogens with one attached hydrogen (secondary N) is 4. The van der Waals surface area contributed by atoms with Gasteiger partial charge >= 0.3 is 6.03 Å². The Morgan fingerprint density at radius 1 is 0.939 bits per heavy atom. The topological polar surface area (TPSA) is 171 Å². The van der Waals surface area contributed by atoms with E-state index in [0.29, 0.717) is 12.8 Å². The van der Waals surface area contributed by atoms with Gasteiger partial charge in [0.2, 0.25) is 17.6 Å². The molecule has 12 nitrogen and oxygen atoms in total. The number of carbonyl (C=O) groups is 5. The van der Waals surface area contributed by atoms with Crippen LogP contribution in [0, 0.1) is 22.7 Å². The molecule has 0 bridgehead atoms. The number of piperidine rings is 1. The zero-order chi connectivity index (χ0) is 36.7. The first-order valence-corrected chi connectivity index (χ1v) is 19.5. The third-order valence-electron chi connectivity index (χ3n) is 11.1. The lowest BCUT2D eigenvalue weighted by Crippen LogP contribution is -2.64. The monoisotopic (exact) mass is 711 g/mol. The first kappa shape index (κ1) is 39.0. The summed E-state index contributed by atoms with van der Waals surface area (Å²) in [5, 5.41) is 11.2. The van der Waals surface area contributed by atoms with Gasteiger partial charge in [-0.2, -0.15) is 0 Å². The van der Waals surface area contributed by atoms with E-state index in [1.807, 2.05) is 13.8 Å². The molecule has 1 unspecified atom stereocenters. The van der Waals surface area contributed by atoms with Crippen LogP contribution in [0.2, 0.25) is 0 Å². The van der Waals surface area contributed by atoms with E-state index in [1.165, 1.54) is 4.90 Å². The second-order valence-corrected chi connectivity index (χ2v) is 20.2. The van der Waals surface area contributed by atoms with Gasteiger partial charge in [-0.1, -0.05) is 53.9 Å². The minimum Gasteiger partial charge on any atom is -0.347 e.